The van der Waals surface area contributed by atoms with Crippen LogP contribution in [0.4, 0.5) is 4.39 Å². The summed E-state index contributed by atoms with van der Waals surface area (Å²) < 4.78 is 13.4. The number of amides is 3. The first kappa shape index (κ1) is 29.0. The van der Waals surface area contributed by atoms with Crippen molar-refractivity contribution in [2.75, 3.05) is 13.2 Å². The van der Waals surface area contributed by atoms with Crippen molar-refractivity contribution in [3.8, 4) is 0 Å². The molecule has 5 N–H and O–H groups in total. The molecule has 0 saturated carbocycles. The van der Waals surface area contributed by atoms with Crippen LogP contribution in [0, 0.1) is 17.2 Å². The number of rotatable bonds is 8. The Morgan fingerprint density at radius 3 is 2.15 bits per heavy atom. The Morgan fingerprint density at radius 2 is 1.59 bits per heavy atom. The van der Waals surface area contributed by atoms with Gasteiger partial charge in [-0.1, -0.05) is 45.0 Å². The van der Waals surface area contributed by atoms with Crippen LogP contribution in [0.15, 0.2) is 36.4 Å². The first-order valence-electron chi connectivity index (χ1n) is 11.3. The van der Waals surface area contributed by atoms with Crippen LogP contribution in [0.1, 0.15) is 46.6 Å². The van der Waals surface area contributed by atoms with Crippen molar-refractivity contribution in [3.63, 3.8) is 0 Å². The molecule has 0 aliphatic rings. The normalized spacial score (nSPS) is 12.7. The second-order valence-corrected chi connectivity index (χ2v) is 8.98. The minimum Gasteiger partial charge on any atom is -0.397 e. The standard InChI is InChI=1S/C23H30FN3O4.C2H6O/c1-5-25-22(30)20(23(2,3)4)26-21(29)17(13-19(28)27-31)11-14-6-7-16-12-18(24)9-8-15(16)10-14;1-2-3/h6-10,12,17,20,31H,5,11,13H2,1-4H3,(H,25,30)(H,26,29)(H,27,28);3H,2H2,1H3. The van der Waals surface area contributed by atoms with E-state index in [0.717, 1.165) is 16.3 Å². The molecule has 0 radical (unpaired) electrons. The molecule has 9 heteroatoms. The van der Waals surface area contributed by atoms with Crippen LogP contribution < -0.4 is 16.1 Å². The van der Waals surface area contributed by atoms with Crippen LogP contribution in [-0.4, -0.2) is 47.2 Å². The molecule has 2 atom stereocenters. The summed E-state index contributed by atoms with van der Waals surface area (Å²) in [6.45, 7) is 9.66. The van der Waals surface area contributed by atoms with Crippen LogP contribution in [0.2, 0.25) is 0 Å². The van der Waals surface area contributed by atoms with Gasteiger partial charge in [-0.25, -0.2) is 9.87 Å². The van der Waals surface area contributed by atoms with Crippen molar-refractivity contribution >= 4 is 28.5 Å². The lowest BCUT2D eigenvalue weighted by molar-refractivity contribution is -0.137. The summed E-state index contributed by atoms with van der Waals surface area (Å²) in [6, 6.07) is 8.98. The van der Waals surface area contributed by atoms with E-state index in [1.54, 1.807) is 37.5 Å². The molecule has 0 aliphatic carbocycles. The van der Waals surface area contributed by atoms with Crippen LogP contribution in [0.5, 0.6) is 0 Å². The van der Waals surface area contributed by atoms with Crippen molar-refractivity contribution in [3.05, 3.63) is 47.8 Å². The van der Waals surface area contributed by atoms with Crippen LogP contribution >= 0.6 is 0 Å². The van der Waals surface area contributed by atoms with E-state index in [1.165, 1.54) is 12.1 Å². The van der Waals surface area contributed by atoms with Crippen molar-refractivity contribution in [2.24, 2.45) is 11.3 Å². The highest BCUT2D eigenvalue weighted by atomic mass is 19.1. The lowest BCUT2D eigenvalue weighted by Gasteiger charge is -2.31. The molecule has 188 valence electrons. The maximum absolute atomic E-state index is 13.4. The number of aliphatic hydroxyl groups excluding tert-OH is 1. The van der Waals surface area contributed by atoms with E-state index in [4.69, 9.17) is 10.3 Å². The molecule has 0 saturated heterocycles. The van der Waals surface area contributed by atoms with E-state index in [-0.39, 0.29) is 31.2 Å². The van der Waals surface area contributed by atoms with E-state index >= 15 is 0 Å². The van der Waals surface area contributed by atoms with Gasteiger partial charge >= 0.3 is 0 Å². The van der Waals surface area contributed by atoms with E-state index in [9.17, 15) is 18.8 Å². The van der Waals surface area contributed by atoms with E-state index in [0.29, 0.717) is 6.54 Å². The zero-order valence-corrected chi connectivity index (χ0v) is 20.4. The molecule has 2 aromatic rings. The van der Waals surface area contributed by atoms with Gasteiger partial charge in [0.05, 0.1) is 5.92 Å². The Kier molecular flexibility index (Phi) is 11.6. The number of hydroxylamine groups is 1. The van der Waals surface area contributed by atoms with Crippen molar-refractivity contribution < 1.29 is 29.1 Å². The zero-order valence-electron chi connectivity index (χ0n) is 20.4. The summed E-state index contributed by atoms with van der Waals surface area (Å²) >= 11 is 0. The van der Waals surface area contributed by atoms with Crippen molar-refractivity contribution in [1.82, 2.24) is 16.1 Å². The number of likely N-dealkylation sites (N-methyl/N-ethyl adjacent to an activating group) is 1. The molecule has 0 aliphatic heterocycles. The Labute approximate surface area is 199 Å². The third kappa shape index (κ3) is 9.07. The fraction of sp³-hybridized carbons (Fsp3) is 0.480. The second-order valence-electron chi connectivity index (χ2n) is 8.98. The Balaban J connectivity index is 0.00000182. The van der Waals surface area contributed by atoms with E-state index in [1.807, 2.05) is 26.8 Å². The average Bonchev–Trinajstić information content (AvgIpc) is 2.76. The highest BCUT2D eigenvalue weighted by molar-refractivity contribution is 5.91. The predicted octanol–water partition coefficient (Wildman–Crippen LogP) is 2.70. The summed E-state index contributed by atoms with van der Waals surface area (Å²) in [4.78, 5) is 37.4. The zero-order chi connectivity index (χ0) is 25.9. The van der Waals surface area contributed by atoms with Gasteiger partial charge in [-0.3, -0.25) is 19.6 Å². The lowest BCUT2D eigenvalue weighted by Crippen LogP contribution is -2.55. The van der Waals surface area contributed by atoms with Gasteiger partial charge in [0.25, 0.3) is 0 Å². The minimum absolute atomic E-state index is 0.207. The molecular formula is C25H36FN3O5. The Bertz CT molecular complexity index is 975. The number of carbonyl (C=O) groups excluding carboxylic acids is 3. The molecule has 3 amide bonds. The number of fused-ring (bicyclic) bond motifs is 1. The number of hydrogen-bond acceptors (Lipinski definition) is 5. The molecule has 34 heavy (non-hydrogen) atoms. The van der Waals surface area contributed by atoms with Gasteiger partial charge < -0.3 is 15.7 Å². The fourth-order valence-electron chi connectivity index (χ4n) is 3.42. The minimum atomic E-state index is -0.815. The van der Waals surface area contributed by atoms with Gasteiger partial charge in [-0.15, -0.1) is 0 Å². The van der Waals surface area contributed by atoms with Gasteiger partial charge in [0.1, 0.15) is 11.9 Å². The maximum atomic E-state index is 13.4. The van der Waals surface area contributed by atoms with Crippen LogP contribution in [0.25, 0.3) is 10.8 Å². The summed E-state index contributed by atoms with van der Waals surface area (Å²) in [7, 11) is 0. The van der Waals surface area contributed by atoms with E-state index in [2.05, 4.69) is 10.6 Å². The summed E-state index contributed by atoms with van der Waals surface area (Å²) in [6.07, 6.45) is -0.0467. The fourth-order valence-corrected chi connectivity index (χ4v) is 3.42. The number of nitrogens with one attached hydrogen (secondary N) is 3. The first-order valence-corrected chi connectivity index (χ1v) is 11.3. The molecule has 0 spiro atoms. The number of carbonyl (C=O) groups is 3. The summed E-state index contributed by atoms with van der Waals surface area (Å²) in [5, 5.41) is 23.5. The number of halogens is 1. The maximum Gasteiger partial charge on any atom is 0.244 e. The highest BCUT2D eigenvalue weighted by Gasteiger charge is 2.34. The molecule has 2 unspecified atom stereocenters. The average molecular weight is 478 g/mol. The molecule has 0 heterocycles. The summed E-state index contributed by atoms with van der Waals surface area (Å²) in [5.41, 5.74) is 1.78. The molecule has 2 aromatic carbocycles. The Morgan fingerprint density at radius 1 is 1.00 bits per heavy atom. The molecule has 2 rings (SSSR count). The van der Waals surface area contributed by atoms with Gasteiger partial charge in [0, 0.05) is 19.6 Å². The van der Waals surface area contributed by atoms with Gasteiger partial charge in [-0.2, -0.15) is 0 Å². The van der Waals surface area contributed by atoms with Crippen LogP contribution in [0.3, 0.4) is 0 Å². The molecule has 0 bridgehead atoms. The van der Waals surface area contributed by atoms with Gasteiger partial charge in [-0.05, 0) is 54.2 Å². The topological polar surface area (TPSA) is 128 Å². The summed E-state index contributed by atoms with van der Waals surface area (Å²) in [5.74, 6) is -2.62. The van der Waals surface area contributed by atoms with Crippen molar-refractivity contribution in [1.29, 1.82) is 0 Å². The SMILES string of the molecule is CCNC(=O)C(NC(=O)C(CC(=O)NO)Cc1ccc2cc(F)ccc2c1)C(C)(C)C.CCO. The quantitative estimate of drug-likeness (QED) is 0.295. The highest BCUT2D eigenvalue weighted by Crippen LogP contribution is 2.23. The molecule has 0 aromatic heterocycles. The van der Waals surface area contributed by atoms with Gasteiger partial charge in [0.15, 0.2) is 0 Å². The Hall–Kier alpha value is -3.04. The number of aliphatic hydroxyl groups is 1. The first-order chi connectivity index (χ1) is 16.0. The third-order valence-electron chi connectivity index (χ3n) is 5.04. The van der Waals surface area contributed by atoms with E-state index < -0.39 is 29.2 Å². The molecular weight excluding hydrogens is 441 g/mol. The molecule has 8 nitrogen and oxygen atoms in total. The van der Waals surface area contributed by atoms with Crippen molar-refractivity contribution in [2.45, 2.75) is 53.5 Å². The lowest BCUT2D eigenvalue weighted by atomic mass is 9.85. The predicted molar refractivity (Wildman–Crippen MR) is 128 cm³/mol. The third-order valence-corrected chi connectivity index (χ3v) is 5.04. The number of hydrogen-bond donors (Lipinski definition) is 5. The molecule has 0 fully saturated rings. The monoisotopic (exact) mass is 477 g/mol. The second kappa shape index (κ2) is 13.6. The number of benzene rings is 2. The van der Waals surface area contributed by atoms with Gasteiger partial charge in [0.2, 0.25) is 17.7 Å². The smallest absolute Gasteiger partial charge is 0.244 e. The van der Waals surface area contributed by atoms with Crippen LogP contribution in [-0.2, 0) is 20.8 Å². The largest absolute Gasteiger partial charge is 0.397 e.